The molecule has 0 aliphatic carbocycles. The zero-order valence-electron chi connectivity index (χ0n) is 9.97. The molecule has 0 atom stereocenters. The van der Waals surface area contributed by atoms with Gasteiger partial charge in [-0.1, -0.05) is 13.8 Å². The molecule has 0 radical (unpaired) electrons. The van der Waals surface area contributed by atoms with Crippen molar-refractivity contribution in [2.45, 2.75) is 26.7 Å². The first-order valence-electron chi connectivity index (χ1n) is 5.28. The van der Waals surface area contributed by atoms with Gasteiger partial charge < -0.3 is 16.0 Å². The molecule has 0 bridgehead atoms. The van der Waals surface area contributed by atoms with Gasteiger partial charge in [0.15, 0.2) is 0 Å². The quantitative estimate of drug-likeness (QED) is 0.637. The Hall–Kier alpha value is -0.610. The third-order valence-electron chi connectivity index (χ3n) is 1.48. The van der Waals surface area contributed by atoms with E-state index in [9.17, 15) is 4.79 Å². The first kappa shape index (κ1) is 15.8. The van der Waals surface area contributed by atoms with Crippen LogP contribution < -0.4 is 11.1 Å². The highest BCUT2D eigenvalue weighted by molar-refractivity contribution is 5.75. The third-order valence-corrected chi connectivity index (χ3v) is 1.48. The Balaban J connectivity index is -0.000000169. The molecule has 0 unspecified atom stereocenters. The topological polar surface area (TPSA) is 58.4 Å². The van der Waals surface area contributed by atoms with Gasteiger partial charge >= 0.3 is 0 Å². The van der Waals surface area contributed by atoms with Gasteiger partial charge in [0.25, 0.3) is 0 Å². The summed E-state index contributed by atoms with van der Waals surface area (Å²) in [6, 6.07) is 0. The SMILES string of the molecule is CC.CN(C)CCCNC(=O)CCN.[HH].[HH]. The smallest absolute Gasteiger partial charge is 0.221 e. The minimum absolute atomic E-state index is 0. The van der Waals surface area contributed by atoms with Crippen molar-refractivity contribution < 1.29 is 7.65 Å². The maximum atomic E-state index is 10.9. The van der Waals surface area contributed by atoms with E-state index in [0.717, 1.165) is 19.5 Å². The Morgan fingerprint density at radius 1 is 1.43 bits per heavy atom. The maximum absolute atomic E-state index is 10.9. The molecule has 1 amide bonds. The molecule has 0 fully saturated rings. The number of nitrogens with two attached hydrogens (primary N) is 1. The van der Waals surface area contributed by atoms with Gasteiger partial charge in [-0.15, -0.1) is 0 Å². The van der Waals surface area contributed by atoms with Crippen molar-refractivity contribution in [2.75, 3.05) is 33.7 Å². The van der Waals surface area contributed by atoms with Gasteiger partial charge in [0, 0.05) is 22.4 Å². The number of rotatable bonds is 6. The number of hydrogen-bond donors (Lipinski definition) is 2. The minimum atomic E-state index is 0. The fourth-order valence-electron chi connectivity index (χ4n) is 0.843. The van der Waals surface area contributed by atoms with Crippen LogP contribution in [0.3, 0.4) is 0 Å². The molecular formula is C10H29N3O. The molecule has 0 rings (SSSR count). The Morgan fingerprint density at radius 2 is 2.00 bits per heavy atom. The van der Waals surface area contributed by atoms with Crippen LogP contribution in [0.2, 0.25) is 0 Å². The molecule has 0 heterocycles. The van der Waals surface area contributed by atoms with Crippen LogP contribution in [0.4, 0.5) is 0 Å². The van der Waals surface area contributed by atoms with Crippen molar-refractivity contribution in [3.05, 3.63) is 0 Å². The summed E-state index contributed by atoms with van der Waals surface area (Å²) in [5.74, 6) is 0.0521. The molecular weight excluding hydrogens is 178 g/mol. The van der Waals surface area contributed by atoms with Crippen molar-refractivity contribution in [3.8, 4) is 0 Å². The van der Waals surface area contributed by atoms with Crippen molar-refractivity contribution in [3.63, 3.8) is 0 Å². The summed E-state index contributed by atoms with van der Waals surface area (Å²) in [5.41, 5.74) is 5.21. The molecule has 0 saturated heterocycles. The van der Waals surface area contributed by atoms with Gasteiger partial charge in [-0.3, -0.25) is 4.79 Å². The molecule has 3 N–H and O–H groups in total. The van der Waals surface area contributed by atoms with E-state index in [1.165, 1.54) is 0 Å². The average molecular weight is 207 g/mol. The van der Waals surface area contributed by atoms with Gasteiger partial charge in [0.2, 0.25) is 5.91 Å². The fourth-order valence-corrected chi connectivity index (χ4v) is 0.843. The zero-order chi connectivity index (χ0) is 11.4. The second-order valence-electron chi connectivity index (χ2n) is 3.05. The normalized spacial score (nSPS) is 9.29. The van der Waals surface area contributed by atoms with Crippen LogP contribution >= 0.6 is 0 Å². The van der Waals surface area contributed by atoms with Gasteiger partial charge in [0.1, 0.15) is 0 Å². The lowest BCUT2D eigenvalue weighted by atomic mass is 10.3. The highest BCUT2D eigenvalue weighted by Gasteiger charge is 1.97. The second-order valence-corrected chi connectivity index (χ2v) is 3.05. The lowest BCUT2D eigenvalue weighted by Crippen LogP contribution is -2.28. The van der Waals surface area contributed by atoms with Crippen LogP contribution in [-0.2, 0) is 4.79 Å². The van der Waals surface area contributed by atoms with Gasteiger partial charge in [-0.2, -0.15) is 0 Å². The monoisotopic (exact) mass is 207 g/mol. The van der Waals surface area contributed by atoms with E-state index in [-0.39, 0.29) is 8.76 Å². The van der Waals surface area contributed by atoms with Crippen LogP contribution in [0.5, 0.6) is 0 Å². The van der Waals surface area contributed by atoms with E-state index in [2.05, 4.69) is 10.2 Å². The molecule has 14 heavy (non-hydrogen) atoms. The zero-order valence-corrected chi connectivity index (χ0v) is 9.97. The summed E-state index contributed by atoms with van der Waals surface area (Å²) >= 11 is 0. The third kappa shape index (κ3) is 13.9. The van der Waals surface area contributed by atoms with Crippen molar-refractivity contribution in [1.82, 2.24) is 10.2 Å². The van der Waals surface area contributed by atoms with E-state index in [1.807, 2.05) is 27.9 Å². The minimum Gasteiger partial charge on any atom is -0.356 e. The lowest BCUT2D eigenvalue weighted by molar-refractivity contribution is -0.120. The van der Waals surface area contributed by atoms with Crippen LogP contribution in [0.15, 0.2) is 0 Å². The van der Waals surface area contributed by atoms with E-state index < -0.39 is 0 Å². The number of hydrogen-bond acceptors (Lipinski definition) is 3. The largest absolute Gasteiger partial charge is 0.356 e. The molecule has 0 aromatic carbocycles. The van der Waals surface area contributed by atoms with E-state index in [0.29, 0.717) is 13.0 Å². The molecule has 90 valence electrons. The maximum Gasteiger partial charge on any atom is 0.221 e. The Kier molecular flexibility index (Phi) is 14.0. The van der Waals surface area contributed by atoms with E-state index in [4.69, 9.17) is 5.73 Å². The van der Waals surface area contributed by atoms with E-state index >= 15 is 0 Å². The number of amides is 1. The van der Waals surface area contributed by atoms with E-state index in [1.54, 1.807) is 0 Å². The van der Waals surface area contributed by atoms with Gasteiger partial charge in [-0.05, 0) is 27.1 Å². The summed E-state index contributed by atoms with van der Waals surface area (Å²) in [7, 11) is 4.03. The Morgan fingerprint density at radius 3 is 2.43 bits per heavy atom. The fraction of sp³-hybridized carbons (Fsp3) is 0.900. The number of carbonyl (C=O) groups is 1. The summed E-state index contributed by atoms with van der Waals surface area (Å²) in [5, 5.41) is 2.79. The first-order chi connectivity index (χ1) is 6.66. The van der Waals surface area contributed by atoms with Crippen LogP contribution in [0.25, 0.3) is 0 Å². The highest BCUT2D eigenvalue weighted by atomic mass is 16.1. The van der Waals surface area contributed by atoms with Crippen LogP contribution in [0.1, 0.15) is 29.5 Å². The highest BCUT2D eigenvalue weighted by Crippen LogP contribution is 1.81. The first-order valence-corrected chi connectivity index (χ1v) is 5.28. The van der Waals surface area contributed by atoms with Gasteiger partial charge in [-0.25, -0.2) is 0 Å². The lowest BCUT2D eigenvalue weighted by Gasteiger charge is -2.09. The van der Waals surface area contributed by atoms with Crippen molar-refractivity contribution in [2.24, 2.45) is 5.73 Å². The molecule has 0 aliphatic heterocycles. The van der Waals surface area contributed by atoms with Crippen molar-refractivity contribution in [1.29, 1.82) is 0 Å². The predicted octanol–water partition coefficient (Wildman–Crippen LogP) is 0.921. The number of nitrogens with zero attached hydrogens (tertiary/aromatic N) is 1. The second kappa shape index (κ2) is 12.4. The van der Waals surface area contributed by atoms with Gasteiger partial charge in [0.05, 0.1) is 0 Å². The standard InChI is InChI=1S/C8H19N3O.C2H6.2H2/c1-11(2)7-3-6-10-8(12)4-5-9;1-2;;/h3-7,9H2,1-2H3,(H,10,12);1-2H3;2*1H. The Labute approximate surface area is 90.8 Å². The molecule has 0 saturated carbocycles. The summed E-state index contributed by atoms with van der Waals surface area (Å²) in [6.07, 6.45) is 1.42. The molecule has 0 aromatic rings. The van der Waals surface area contributed by atoms with Crippen LogP contribution in [-0.4, -0.2) is 44.5 Å². The molecule has 4 heteroatoms. The molecule has 0 spiro atoms. The number of carbonyl (C=O) groups excluding carboxylic acids is 1. The summed E-state index contributed by atoms with van der Waals surface area (Å²) in [4.78, 5) is 13.0. The molecule has 0 aliphatic rings. The van der Waals surface area contributed by atoms with Crippen molar-refractivity contribution >= 4 is 5.91 Å². The molecule has 4 nitrogen and oxygen atoms in total. The summed E-state index contributed by atoms with van der Waals surface area (Å²) in [6.45, 7) is 6.18. The predicted molar refractivity (Wildman–Crippen MR) is 65.4 cm³/mol. The summed E-state index contributed by atoms with van der Waals surface area (Å²) < 4.78 is 0. The van der Waals surface area contributed by atoms with Crippen LogP contribution in [0, 0.1) is 0 Å². The number of nitrogens with one attached hydrogen (secondary N) is 1. The Bertz CT molecular complexity index is 135. The average Bonchev–Trinajstić information content (AvgIpc) is 2.16. The molecule has 0 aromatic heterocycles.